The summed E-state index contributed by atoms with van der Waals surface area (Å²) in [6.45, 7) is 1.38. The van der Waals surface area contributed by atoms with E-state index in [4.69, 9.17) is 9.47 Å². The van der Waals surface area contributed by atoms with Crippen molar-refractivity contribution in [3.05, 3.63) is 28.3 Å². The molecule has 2 aliphatic heterocycles. The van der Waals surface area contributed by atoms with Gasteiger partial charge in [-0.3, -0.25) is 19.7 Å². The number of nitro benzene ring substituents is 1. The van der Waals surface area contributed by atoms with E-state index in [-0.39, 0.29) is 42.3 Å². The number of non-ortho nitro benzene ring substituents is 1. The summed E-state index contributed by atoms with van der Waals surface area (Å²) in [5, 5.41) is 13.7. The molecule has 1 aromatic rings. The summed E-state index contributed by atoms with van der Waals surface area (Å²) in [7, 11) is 1.38. The Morgan fingerprint density at radius 1 is 1.50 bits per heavy atom. The van der Waals surface area contributed by atoms with Crippen molar-refractivity contribution >= 4 is 23.2 Å². The van der Waals surface area contributed by atoms with Crippen molar-refractivity contribution < 1.29 is 24.0 Å². The lowest BCUT2D eigenvalue weighted by Gasteiger charge is -2.19. The van der Waals surface area contributed by atoms with E-state index in [2.05, 4.69) is 5.32 Å². The molecule has 2 fully saturated rings. The number of rotatable bonds is 6. The fourth-order valence-electron chi connectivity index (χ4n) is 3.28. The number of methoxy groups -OCH3 is 1. The number of nitrogens with zero attached hydrogens (tertiary/aromatic N) is 2. The average Bonchev–Trinajstić information content (AvgIpc) is 3.28. The number of hydrogen-bond acceptors (Lipinski definition) is 6. The molecule has 2 heterocycles. The number of carbonyl (C=O) groups is 2. The minimum Gasteiger partial charge on any atom is -0.494 e. The fraction of sp³-hybridized carbons (Fsp3) is 0.529. The van der Waals surface area contributed by atoms with Gasteiger partial charge in [0.1, 0.15) is 5.75 Å². The number of hydrogen-bond donors (Lipinski definition) is 1. The smallest absolute Gasteiger partial charge is 0.273 e. The van der Waals surface area contributed by atoms with Crippen LogP contribution in [0, 0.1) is 16.0 Å². The van der Waals surface area contributed by atoms with Gasteiger partial charge in [-0.2, -0.15) is 0 Å². The molecule has 0 bridgehead atoms. The molecule has 26 heavy (non-hydrogen) atoms. The molecule has 0 unspecified atom stereocenters. The second-order valence-corrected chi connectivity index (χ2v) is 6.40. The Morgan fingerprint density at radius 3 is 2.96 bits per heavy atom. The van der Waals surface area contributed by atoms with Crippen LogP contribution in [0.2, 0.25) is 0 Å². The minimum atomic E-state index is -0.528. The highest BCUT2D eigenvalue weighted by molar-refractivity contribution is 6.01. The molecular formula is C17H21N3O6. The van der Waals surface area contributed by atoms with Gasteiger partial charge >= 0.3 is 0 Å². The molecule has 9 nitrogen and oxygen atoms in total. The lowest BCUT2D eigenvalue weighted by Crippen LogP contribution is -2.37. The van der Waals surface area contributed by atoms with Gasteiger partial charge in [0.25, 0.3) is 5.69 Å². The van der Waals surface area contributed by atoms with Crippen molar-refractivity contribution in [3.8, 4) is 5.75 Å². The quantitative estimate of drug-likeness (QED) is 0.601. The van der Waals surface area contributed by atoms with Crippen LogP contribution in [-0.2, 0) is 14.3 Å². The number of anilines is 1. The van der Waals surface area contributed by atoms with E-state index in [0.717, 1.165) is 19.4 Å². The molecule has 0 radical (unpaired) electrons. The first kappa shape index (κ1) is 18.1. The van der Waals surface area contributed by atoms with E-state index >= 15 is 0 Å². The Bertz CT molecular complexity index is 716. The molecule has 1 aromatic carbocycles. The van der Waals surface area contributed by atoms with Crippen molar-refractivity contribution in [2.75, 3.05) is 31.7 Å². The van der Waals surface area contributed by atoms with E-state index in [0.29, 0.717) is 12.2 Å². The zero-order chi connectivity index (χ0) is 18.7. The maximum Gasteiger partial charge on any atom is 0.273 e. The van der Waals surface area contributed by atoms with E-state index in [1.807, 2.05) is 0 Å². The third-order valence-corrected chi connectivity index (χ3v) is 4.69. The molecule has 0 saturated carbocycles. The maximum atomic E-state index is 12.4. The largest absolute Gasteiger partial charge is 0.494 e. The van der Waals surface area contributed by atoms with Crippen LogP contribution in [0.15, 0.2) is 18.2 Å². The molecule has 140 valence electrons. The second kappa shape index (κ2) is 7.69. The van der Waals surface area contributed by atoms with Crippen molar-refractivity contribution in [2.24, 2.45) is 5.92 Å². The Labute approximate surface area is 150 Å². The Balaban J connectivity index is 1.67. The highest BCUT2D eigenvalue weighted by atomic mass is 16.6. The van der Waals surface area contributed by atoms with Crippen molar-refractivity contribution in [3.63, 3.8) is 0 Å². The Hall–Kier alpha value is -2.68. The average molecular weight is 363 g/mol. The van der Waals surface area contributed by atoms with Gasteiger partial charge < -0.3 is 19.7 Å². The van der Waals surface area contributed by atoms with E-state index in [1.54, 1.807) is 0 Å². The lowest BCUT2D eigenvalue weighted by molar-refractivity contribution is -0.384. The third-order valence-electron chi connectivity index (χ3n) is 4.69. The van der Waals surface area contributed by atoms with Crippen LogP contribution in [0.3, 0.4) is 0 Å². The lowest BCUT2D eigenvalue weighted by atomic mass is 10.1. The molecule has 2 saturated heterocycles. The monoisotopic (exact) mass is 363 g/mol. The maximum absolute atomic E-state index is 12.4. The molecule has 0 aliphatic carbocycles. The number of carbonyl (C=O) groups excluding carboxylic acids is 2. The molecule has 2 atom stereocenters. The normalized spacial score (nSPS) is 22.5. The molecule has 9 heteroatoms. The number of ether oxygens (including phenoxy) is 2. The molecule has 1 N–H and O–H groups in total. The predicted octanol–water partition coefficient (Wildman–Crippen LogP) is 1.25. The standard InChI is InChI=1S/C17H21N3O6/c1-25-15-8-12(20(23)24)4-5-14(15)19-10-11(7-16(19)21)17(22)18-9-13-3-2-6-26-13/h4-5,8,11,13H,2-3,6-7,9-10H2,1H3,(H,18,22)/t11-,13-/m1/s1. The highest BCUT2D eigenvalue weighted by Gasteiger charge is 2.36. The van der Waals surface area contributed by atoms with Gasteiger partial charge in [0.15, 0.2) is 0 Å². The highest BCUT2D eigenvalue weighted by Crippen LogP contribution is 2.35. The molecular weight excluding hydrogens is 342 g/mol. The summed E-state index contributed by atoms with van der Waals surface area (Å²) in [4.78, 5) is 36.5. The topological polar surface area (TPSA) is 111 Å². The van der Waals surface area contributed by atoms with E-state index < -0.39 is 10.8 Å². The van der Waals surface area contributed by atoms with E-state index in [9.17, 15) is 19.7 Å². The number of benzene rings is 1. The fourth-order valence-corrected chi connectivity index (χ4v) is 3.28. The molecule has 0 aromatic heterocycles. The molecule has 3 rings (SSSR count). The summed E-state index contributed by atoms with van der Waals surface area (Å²) in [5.74, 6) is -0.636. The van der Waals surface area contributed by atoms with Gasteiger partial charge in [-0.05, 0) is 18.9 Å². The molecule has 2 aliphatic rings. The number of nitrogens with one attached hydrogen (secondary N) is 1. The first-order valence-corrected chi connectivity index (χ1v) is 8.51. The minimum absolute atomic E-state index is 0.0434. The van der Waals surface area contributed by atoms with Crippen LogP contribution in [0.1, 0.15) is 19.3 Å². The van der Waals surface area contributed by atoms with Crippen LogP contribution >= 0.6 is 0 Å². The summed E-state index contributed by atoms with van der Waals surface area (Å²) >= 11 is 0. The summed E-state index contributed by atoms with van der Waals surface area (Å²) in [5.41, 5.74) is 0.306. The van der Waals surface area contributed by atoms with Crippen LogP contribution < -0.4 is 15.0 Å². The summed E-state index contributed by atoms with van der Waals surface area (Å²) in [6.07, 6.45) is 2.06. The zero-order valence-corrected chi connectivity index (χ0v) is 14.5. The first-order chi connectivity index (χ1) is 12.5. The summed E-state index contributed by atoms with van der Waals surface area (Å²) in [6, 6.07) is 4.06. The predicted molar refractivity (Wildman–Crippen MR) is 92.1 cm³/mol. The van der Waals surface area contributed by atoms with Gasteiger partial charge in [0.2, 0.25) is 11.8 Å². The first-order valence-electron chi connectivity index (χ1n) is 8.51. The van der Waals surface area contributed by atoms with Crippen LogP contribution in [0.5, 0.6) is 5.75 Å². The van der Waals surface area contributed by atoms with Gasteiger partial charge in [-0.1, -0.05) is 0 Å². The second-order valence-electron chi connectivity index (χ2n) is 6.40. The molecule has 2 amide bonds. The van der Waals surface area contributed by atoms with Crippen molar-refractivity contribution in [2.45, 2.75) is 25.4 Å². The van der Waals surface area contributed by atoms with Crippen LogP contribution in [-0.4, -0.2) is 49.6 Å². The van der Waals surface area contributed by atoms with Crippen molar-refractivity contribution in [1.29, 1.82) is 0 Å². The zero-order valence-electron chi connectivity index (χ0n) is 14.5. The van der Waals surface area contributed by atoms with Gasteiger partial charge in [-0.25, -0.2) is 0 Å². The van der Waals surface area contributed by atoms with Gasteiger partial charge in [0, 0.05) is 32.2 Å². The van der Waals surface area contributed by atoms with Crippen molar-refractivity contribution in [1.82, 2.24) is 5.32 Å². The van der Waals surface area contributed by atoms with Gasteiger partial charge in [0.05, 0.1) is 35.8 Å². The number of nitro groups is 1. The third kappa shape index (κ3) is 3.77. The molecule has 0 spiro atoms. The summed E-state index contributed by atoms with van der Waals surface area (Å²) < 4.78 is 10.7. The SMILES string of the molecule is COc1cc([N+](=O)[O-])ccc1N1C[C@H](C(=O)NC[C@H]2CCCO2)CC1=O. The number of amides is 2. The van der Waals surface area contributed by atoms with Crippen LogP contribution in [0.25, 0.3) is 0 Å². The van der Waals surface area contributed by atoms with E-state index in [1.165, 1.54) is 30.2 Å². The Morgan fingerprint density at radius 2 is 2.31 bits per heavy atom. The Kier molecular flexibility index (Phi) is 5.36. The van der Waals surface area contributed by atoms with Gasteiger partial charge in [-0.15, -0.1) is 0 Å². The van der Waals surface area contributed by atoms with Crippen LogP contribution in [0.4, 0.5) is 11.4 Å².